The van der Waals surface area contributed by atoms with Gasteiger partial charge in [0.05, 0.1) is 10.6 Å². The Hall–Kier alpha value is -2.84. The van der Waals surface area contributed by atoms with Crippen molar-refractivity contribution in [3.8, 4) is 21.1 Å². The van der Waals surface area contributed by atoms with E-state index in [1.165, 1.54) is 4.88 Å². The van der Waals surface area contributed by atoms with Gasteiger partial charge in [-0.3, -0.25) is 0 Å². The second-order valence-corrected chi connectivity index (χ2v) is 8.77. The maximum atomic E-state index is 4.69. The van der Waals surface area contributed by atoms with Crippen LogP contribution in [0.5, 0.6) is 0 Å². The molecule has 0 spiro atoms. The van der Waals surface area contributed by atoms with E-state index in [2.05, 4.69) is 54.6 Å². The molecule has 4 aromatic rings. The summed E-state index contributed by atoms with van der Waals surface area (Å²) < 4.78 is 0. The molecule has 1 fully saturated rings. The van der Waals surface area contributed by atoms with Gasteiger partial charge in [-0.2, -0.15) is 0 Å². The Morgan fingerprint density at radius 2 is 1.66 bits per heavy atom. The summed E-state index contributed by atoms with van der Waals surface area (Å²) >= 11 is 3.37. The Morgan fingerprint density at radius 3 is 2.41 bits per heavy atom. The first-order chi connectivity index (χ1) is 14.3. The summed E-state index contributed by atoms with van der Waals surface area (Å²) in [6.07, 6.45) is 0. The van der Waals surface area contributed by atoms with E-state index in [-0.39, 0.29) is 0 Å². The monoisotopic (exact) mass is 420 g/mol. The third-order valence-electron chi connectivity index (χ3n) is 4.91. The van der Waals surface area contributed by atoms with Crippen LogP contribution in [0, 0.1) is 6.92 Å². The van der Waals surface area contributed by atoms with E-state index in [0.717, 1.165) is 59.2 Å². The highest BCUT2D eigenvalue weighted by Gasteiger charge is 2.22. The van der Waals surface area contributed by atoms with Gasteiger partial charge in [-0.1, -0.05) is 47.7 Å². The number of rotatable bonds is 4. The number of thiophene rings is 1. The van der Waals surface area contributed by atoms with E-state index in [1.807, 2.05) is 31.2 Å². The molecule has 1 aromatic carbocycles. The number of hydrogen-bond acceptors (Lipinski definition) is 8. The predicted octanol–water partition coefficient (Wildman–Crippen LogP) is 4.36. The lowest BCUT2D eigenvalue weighted by molar-refractivity contribution is 0.642. The molecule has 0 saturated carbocycles. The Bertz CT molecular complexity index is 1090. The highest BCUT2D eigenvalue weighted by Crippen LogP contribution is 2.32. The molecule has 3 aromatic heterocycles. The Kier molecular flexibility index (Phi) is 4.95. The predicted molar refractivity (Wildman–Crippen MR) is 120 cm³/mol. The molecule has 8 heteroatoms. The third kappa shape index (κ3) is 3.86. The molecular weight excluding hydrogens is 400 g/mol. The normalized spacial score (nSPS) is 14.4. The molecule has 0 amide bonds. The maximum absolute atomic E-state index is 4.69. The second-order valence-electron chi connectivity index (χ2n) is 6.87. The smallest absolute Gasteiger partial charge is 0.208 e. The van der Waals surface area contributed by atoms with E-state index in [9.17, 15) is 0 Å². The molecule has 1 saturated heterocycles. The fourth-order valence-electron chi connectivity index (χ4n) is 3.44. The molecule has 4 heterocycles. The largest absolute Gasteiger partial charge is 0.353 e. The first-order valence-corrected chi connectivity index (χ1v) is 11.2. The van der Waals surface area contributed by atoms with Crippen molar-refractivity contribution in [3.63, 3.8) is 0 Å². The van der Waals surface area contributed by atoms with Crippen molar-refractivity contribution in [1.29, 1.82) is 0 Å². The Labute approximate surface area is 177 Å². The minimum atomic E-state index is 0.800. The molecule has 29 heavy (non-hydrogen) atoms. The number of aromatic nitrogens is 4. The topological polar surface area (TPSA) is 58.0 Å². The van der Waals surface area contributed by atoms with Crippen LogP contribution >= 0.6 is 22.7 Å². The summed E-state index contributed by atoms with van der Waals surface area (Å²) in [5, 5.41) is 12.9. The third-order valence-corrected chi connectivity index (χ3v) is 6.94. The number of nitrogens with zero attached hydrogens (tertiary/aromatic N) is 6. The van der Waals surface area contributed by atoms with E-state index >= 15 is 0 Å². The molecular formula is C21H20N6S2. The van der Waals surface area contributed by atoms with Crippen molar-refractivity contribution < 1.29 is 0 Å². The van der Waals surface area contributed by atoms with Gasteiger partial charge in [-0.25, -0.2) is 9.97 Å². The standard InChI is InChI=1S/C21H20N6S2/c1-15-22-17(16-6-3-2-4-7-16)14-19(23-15)26-9-11-27(12-10-26)21-25-24-20(29-21)18-8-5-13-28-18/h2-8,13-14H,9-12H2,1H3. The number of hydrogen-bond donors (Lipinski definition) is 0. The minimum absolute atomic E-state index is 0.800. The van der Waals surface area contributed by atoms with Crippen molar-refractivity contribution in [3.05, 3.63) is 59.7 Å². The molecule has 0 unspecified atom stereocenters. The molecule has 0 bridgehead atoms. The highest BCUT2D eigenvalue weighted by atomic mass is 32.1. The summed E-state index contributed by atoms with van der Waals surface area (Å²) in [5.41, 5.74) is 2.09. The summed E-state index contributed by atoms with van der Waals surface area (Å²) in [5.74, 6) is 1.79. The fourth-order valence-corrected chi connectivity index (χ4v) is 5.13. The van der Waals surface area contributed by atoms with Crippen LogP contribution in [0.2, 0.25) is 0 Å². The summed E-state index contributed by atoms with van der Waals surface area (Å²) in [6, 6.07) is 16.5. The van der Waals surface area contributed by atoms with Gasteiger partial charge < -0.3 is 9.80 Å². The number of aryl methyl sites for hydroxylation is 1. The summed E-state index contributed by atoms with van der Waals surface area (Å²) in [4.78, 5) is 15.1. The maximum Gasteiger partial charge on any atom is 0.208 e. The number of piperazine rings is 1. The highest BCUT2D eigenvalue weighted by molar-refractivity contribution is 7.22. The van der Waals surface area contributed by atoms with Crippen molar-refractivity contribution in [1.82, 2.24) is 20.2 Å². The van der Waals surface area contributed by atoms with E-state index < -0.39 is 0 Å². The van der Waals surface area contributed by atoms with Crippen LogP contribution in [0.3, 0.4) is 0 Å². The fraction of sp³-hybridized carbons (Fsp3) is 0.238. The van der Waals surface area contributed by atoms with Gasteiger partial charge in [0.2, 0.25) is 5.13 Å². The molecule has 1 aliphatic rings. The van der Waals surface area contributed by atoms with Gasteiger partial charge in [-0.05, 0) is 18.4 Å². The van der Waals surface area contributed by atoms with Crippen LogP contribution in [0.1, 0.15) is 5.82 Å². The van der Waals surface area contributed by atoms with Gasteiger partial charge in [0.25, 0.3) is 0 Å². The summed E-state index contributed by atoms with van der Waals surface area (Å²) in [7, 11) is 0. The lowest BCUT2D eigenvalue weighted by Crippen LogP contribution is -2.46. The van der Waals surface area contributed by atoms with Crippen LogP contribution < -0.4 is 9.80 Å². The van der Waals surface area contributed by atoms with Gasteiger partial charge in [0.1, 0.15) is 11.6 Å². The van der Waals surface area contributed by atoms with Crippen molar-refractivity contribution in [2.24, 2.45) is 0 Å². The lowest BCUT2D eigenvalue weighted by atomic mass is 10.1. The van der Waals surface area contributed by atoms with Crippen LogP contribution in [-0.4, -0.2) is 46.3 Å². The van der Waals surface area contributed by atoms with Crippen molar-refractivity contribution >= 4 is 33.6 Å². The van der Waals surface area contributed by atoms with Crippen LogP contribution in [0.25, 0.3) is 21.1 Å². The molecule has 0 atom stereocenters. The van der Waals surface area contributed by atoms with Gasteiger partial charge in [0, 0.05) is 37.8 Å². The molecule has 1 aliphatic heterocycles. The zero-order valence-corrected chi connectivity index (χ0v) is 17.7. The van der Waals surface area contributed by atoms with Crippen molar-refractivity contribution in [2.75, 3.05) is 36.0 Å². The van der Waals surface area contributed by atoms with Crippen LogP contribution in [0.4, 0.5) is 10.9 Å². The molecule has 6 nitrogen and oxygen atoms in total. The number of anilines is 2. The quantitative estimate of drug-likeness (QED) is 0.489. The molecule has 0 aliphatic carbocycles. The summed E-state index contributed by atoms with van der Waals surface area (Å²) in [6.45, 7) is 5.57. The molecule has 0 N–H and O–H groups in total. The first-order valence-electron chi connectivity index (χ1n) is 9.55. The Balaban J connectivity index is 1.30. The van der Waals surface area contributed by atoms with E-state index in [4.69, 9.17) is 4.98 Å². The molecule has 5 rings (SSSR count). The first kappa shape index (κ1) is 18.2. The van der Waals surface area contributed by atoms with Gasteiger partial charge in [0.15, 0.2) is 5.01 Å². The van der Waals surface area contributed by atoms with Gasteiger partial charge in [-0.15, -0.1) is 21.5 Å². The molecule has 146 valence electrons. The van der Waals surface area contributed by atoms with E-state index in [1.54, 1.807) is 22.7 Å². The zero-order valence-electron chi connectivity index (χ0n) is 16.0. The van der Waals surface area contributed by atoms with Gasteiger partial charge >= 0.3 is 0 Å². The van der Waals surface area contributed by atoms with Crippen molar-refractivity contribution in [2.45, 2.75) is 6.92 Å². The van der Waals surface area contributed by atoms with Crippen LogP contribution in [-0.2, 0) is 0 Å². The van der Waals surface area contributed by atoms with E-state index in [0.29, 0.717) is 0 Å². The zero-order chi connectivity index (χ0) is 19.6. The second kappa shape index (κ2) is 7.88. The SMILES string of the molecule is Cc1nc(-c2ccccc2)cc(N2CCN(c3nnc(-c4cccs4)s3)CC2)n1. The average molecular weight is 421 g/mol. The molecule has 0 radical (unpaired) electrons. The number of benzene rings is 1. The minimum Gasteiger partial charge on any atom is -0.353 e. The Morgan fingerprint density at radius 1 is 0.862 bits per heavy atom. The lowest BCUT2D eigenvalue weighted by Gasteiger charge is -2.35. The average Bonchev–Trinajstić information content (AvgIpc) is 3.46. The van der Waals surface area contributed by atoms with Crippen LogP contribution in [0.15, 0.2) is 53.9 Å².